The Bertz CT molecular complexity index is 1560. The van der Waals surface area contributed by atoms with Gasteiger partial charge in [0, 0.05) is 30.3 Å². The number of halogens is 6. The maximum absolute atomic E-state index is 15.0. The van der Waals surface area contributed by atoms with E-state index in [1.807, 2.05) is 0 Å². The fourth-order valence-electron chi connectivity index (χ4n) is 5.14. The number of hydrogen-bond donors (Lipinski definition) is 2. The molecule has 14 heteroatoms. The first-order valence-corrected chi connectivity index (χ1v) is 14.2. The van der Waals surface area contributed by atoms with Crippen molar-refractivity contribution in [2.24, 2.45) is 0 Å². The Labute approximate surface area is 254 Å². The SMILES string of the molecule is COc1ccc(NC(=O)CC2=C(c3ccn(C4CC4)n3)C[C@](c3ccc(OCCCC(F)(F)F)cc3)(C(F)(F)F)NC2=O)cc1. The van der Waals surface area contributed by atoms with E-state index in [9.17, 15) is 35.9 Å². The molecule has 240 valence electrons. The lowest BCUT2D eigenvalue weighted by molar-refractivity contribution is -0.201. The summed E-state index contributed by atoms with van der Waals surface area (Å²) in [6.45, 7) is -0.279. The van der Waals surface area contributed by atoms with Crippen molar-refractivity contribution in [1.29, 1.82) is 0 Å². The average molecular weight is 637 g/mol. The summed E-state index contributed by atoms with van der Waals surface area (Å²) in [7, 11) is 1.49. The standard InChI is InChI=1S/C31H30F6N4O4/c1-44-22-11-5-20(6-12-22)38-27(42)17-24-25(26-13-15-41(40-26)21-7-8-21)18-29(31(35,36)37,39-28(24)43)19-3-9-23(10-4-19)45-16-2-14-30(32,33)34/h3-6,9-13,15,21H,2,7-8,14,16-18H2,1H3,(H,38,42)(H,39,43)/t29-/m0/s1. The molecule has 2 aromatic carbocycles. The summed E-state index contributed by atoms with van der Waals surface area (Å²) in [5.41, 5.74) is -2.80. The first-order chi connectivity index (χ1) is 21.3. The number of hydrogen-bond acceptors (Lipinski definition) is 5. The van der Waals surface area contributed by atoms with Crippen LogP contribution in [-0.4, -0.2) is 47.7 Å². The summed E-state index contributed by atoms with van der Waals surface area (Å²) >= 11 is 0. The number of nitrogens with zero attached hydrogens (tertiary/aromatic N) is 2. The van der Waals surface area contributed by atoms with Crippen LogP contribution in [0, 0.1) is 0 Å². The van der Waals surface area contributed by atoms with Crippen molar-refractivity contribution in [2.45, 2.75) is 62.5 Å². The first-order valence-electron chi connectivity index (χ1n) is 14.2. The third-order valence-electron chi connectivity index (χ3n) is 7.66. The van der Waals surface area contributed by atoms with Gasteiger partial charge in [0.15, 0.2) is 5.54 Å². The van der Waals surface area contributed by atoms with Crippen molar-refractivity contribution < 1.29 is 45.4 Å². The second kappa shape index (κ2) is 12.5. The molecule has 2 N–H and O–H groups in total. The van der Waals surface area contributed by atoms with E-state index in [4.69, 9.17) is 9.47 Å². The number of anilines is 1. The Morgan fingerprint density at radius 2 is 1.69 bits per heavy atom. The zero-order valence-electron chi connectivity index (χ0n) is 24.1. The van der Waals surface area contributed by atoms with E-state index in [1.54, 1.807) is 35.1 Å². The molecule has 1 aliphatic carbocycles. The number of amides is 2. The van der Waals surface area contributed by atoms with Gasteiger partial charge < -0.3 is 20.1 Å². The highest BCUT2D eigenvalue weighted by Gasteiger charge is 2.59. The Morgan fingerprint density at radius 3 is 2.29 bits per heavy atom. The predicted molar refractivity (Wildman–Crippen MR) is 151 cm³/mol. The Morgan fingerprint density at radius 1 is 1.02 bits per heavy atom. The Balaban J connectivity index is 1.44. The molecule has 3 aromatic rings. The lowest BCUT2D eigenvalue weighted by Gasteiger charge is -2.41. The molecule has 0 saturated heterocycles. The monoisotopic (exact) mass is 636 g/mol. The van der Waals surface area contributed by atoms with Gasteiger partial charge in [-0.15, -0.1) is 0 Å². The summed E-state index contributed by atoms with van der Waals surface area (Å²) in [5, 5.41) is 9.25. The minimum Gasteiger partial charge on any atom is -0.497 e. The largest absolute Gasteiger partial charge is 0.497 e. The van der Waals surface area contributed by atoms with Gasteiger partial charge in [-0.1, -0.05) is 12.1 Å². The van der Waals surface area contributed by atoms with Crippen molar-refractivity contribution in [3.05, 3.63) is 77.6 Å². The molecule has 1 atom stereocenters. The minimum atomic E-state index is -4.99. The van der Waals surface area contributed by atoms with E-state index in [-0.39, 0.29) is 47.2 Å². The van der Waals surface area contributed by atoms with Crippen LogP contribution in [0.3, 0.4) is 0 Å². The molecule has 1 aromatic heterocycles. The molecule has 5 rings (SSSR count). The highest BCUT2D eigenvalue weighted by Crippen LogP contribution is 2.49. The van der Waals surface area contributed by atoms with E-state index in [0.29, 0.717) is 11.4 Å². The molecule has 0 spiro atoms. The lowest BCUT2D eigenvalue weighted by Crippen LogP contribution is -2.58. The van der Waals surface area contributed by atoms with Gasteiger partial charge in [0.2, 0.25) is 11.8 Å². The molecule has 8 nitrogen and oxygen atoms in total. The van der Waals surface area contributed by atoms with Crippen LogP contribution in [0.25, 0.3) is 5.57 Å². The van der Waals surface area contributed by atoms with Crippen molar-refractivity contribution in [3.63, 3.8) is 0 Å². The third kappa shape index (κ3) is 7.43. The summed E-state index contributed by atoms with van der Waals surface area (Å²) in [6, 6.07) is 12.7. The van der Waals surface area contributed by atoms with Crippen LogP contribution in [0.5, 0.6) is 11.5 Å². The molecule has 1 fully saturated rings. The van der Waals surface area contributed by atoms with Crippen molar-refractivity contribution in [1.82, 2.24) is 15.1 Å². The fourth-order valence-corrected chi connectivity index (χ4v) is 5.14. The molecule has 0 unspecified atom stereocenters. The average Bonchev–Trinajstić information content (AvgIpc) is 3.72. The molecule has 1 saturated carbocycles. The zero-order valence-corrected chi connectivity index (χ0v) is 24.1. The number of methoxy groups -OCH3 is 1. The number of alkyl halides is 6. The number of benzene rings is 2. The Kier molecular flexibility index (Phi) is 8.86. The second-order valence-electron chi connectivity index (χ2n) is 10.9. The lowest BCUT2D eigenvalue weighted by atomic mass is 9.77. The van der Waals surface area contributed by atoms with Gasteiger partial charge >= 0.3 is 12.4 Å². The Hall–Kier alpha value is -4.49. The molecule has 2 aliphatic rings. The number of carbonyl (C=O) groups is 2. The molecule has 2 heterocycles. The van der Waals surface area contributed by atoms with Gasteiger partial charge in [-0.3, -0.25) is 14.3 Å². The molecule has 0 bridgehead atoms. The van der Waals surface area contributed by atoms with E-state index < -0.39 is 49.0 Å². The molecule has 0 radical (unpaired) electrons. The highest BCUT2D eigenvalue weighted by molar-refractivity contribution is 6.09. The van der Waals surface area contributed by atoms with Crippen LogP contribution in [0.15, 0.2) is 66.4 Å². The van der Waals surface area contributed by atoms with E-state index >= 15 is 0 Å². The molecular weight excluding hydrogens is 606 g/mol. The maximum atomic E-state index is 15.0. The molecule has 1 aliphatic heterocycles. The van der Waals surface area contributed by atoms with Gasteiger partial charge in [0.05, 0.1) is 31.9 Å². The van der Waals surface area contributed by atoms with Gasteiger partial charge in [-0.25, -0.2) is 0 Å². The van der Waals surface area contributed by atoms with Crippen molar-refractivity contribution in [3.8, 4) is 11.5 Å². The van der Waals surface area contributed by atoms with Gasteiger partial charge in [-0.2, -0.15) is 31.4 Å². The molecular formula is C31H30F6N4O4. The van der Waals surface area contributed by atoms with Gasteiger partial charge in [0.25, 0.3) is 0 Å². The van der Waals surface area contributed by atoms with Crippen molar-refractivity contribution >= 4 is 23.1 Å². The predicted octanol–water partition coefficient (Wildman–Crippen LogP) is 6.71. The van der Waals surface area contributed by atoms with Crippen LogP contribution < -0.4 is 20.1 Å². The summed E-state index contributed by atoms with van der Waals surface area (Å²) < 4.78 is 94.3. The number of carbonyl (C=O) groups excluding carboxylic acids is 2. The smallest absolute Gasteiger partial charge is 0.416 e. The number of nitrogens with one attached hydrogen (secondary N) is 2. The van der Waals surface area contributed by atoms with Crippen molar-refractivity contribution in [2.75, 3.05) is 19.0 Å². The number of aromatic nitrogens is 2. The van der Waals surface area contributed by atoms with Crippen LogP contribution in [0.4, 0.5) is 32.0 Å². The topological polar surface area (TPSA) is 94.5 Å². The molecule has 2 amide bonds. The molecule has 45 heavy (non-hydrogen) atoms. The fraction of sp³-hybridized carbons (Fsp3) is 0.387. The van der Waals surface area contributed by atoms with E-state index in [1.165, 1.54) is 25.3 Å². The first kappa shape index (κ1) is 31.9. The quantitative estimate of drug-likeness (QED) is 0.180. The van der Waals surface area contributed by atoms with Crippen LogP contribution >= 0.6 is 0 Å². The van der Waals surface area contributed by atoms with Crippen LogP contribution in [0.2, 0.25) is 0 Å². The summed E-state index contributed by atoms with van der Waals surface area (Å²) in [5.74, 6) is -1.06. The zero-order chi connectivity index (χ0) is 32.4. The van der Waals surface area contributed by atoms with E-state index in [2.05, 4.69) is 15.7 Å². The van der Waals surface area contributed by atoms with E-state index in [0.717, 1.165) is 25.0 Å². The summed E-state index contributed by atoms with van der Waals surface area (Å²) in [4.78, 5) is 26.6. The maximum Gasteiger partial charge on any atom is 0.416 e. The number of rotatable bonds is 11. The number of ether oxygens (including phenoxy) is 2. The highest BCUT2D eigenvalue weighted by atomic mass is 19.4. The van der Waals surface area contributed by atoms with Crippen LogP contribution in [-0.2, 0) is 15.1 Å². The third-order valence-corrected chi connectivity index (χ3v) is 7.66. The van der Waals surface area contributed by atoms with Gasteiger partial charge in [0.1, 0.15) is 11.5 Å². The minimum absolute atomic E-state index is 0.0205. The van der Waals surface area contributed by atoms with Crippen LogP contribution in [0.1, 0.15) is 55.8 Å². The normalized spacial score (nSPS) is 18.9. The van der Waals surface area contributed by atoms with Gasteiger partial charge in [-0.05, 0) is 72.9 Å². The second-order valence-corrected chi connectivity index (χ2v) is 10.9. The summed E-state index contributed by atoms with van der Waals surface area (Å²) in [6.07, 6.45) is -8.58.